The van der Waals surface area contributed by atoms with Gasteiger partial charge in [-0.3, -0.25) is 14.3 Å². The van der Waals surface area contributed by atoms with Gasteiger partial charge in [0.1, 0.15) is 5.69 Å². The third kappa shape index (κ3) is 4.30. The van der Waals surface area contributed by atoms with Crippen LogP contribution in [0.3, 0.4) is 0 Å². The second-order valence-corrected chi connectivity index (χ2v) is 8.68. The van der Waals surface area contributed by atoms with Crippen molar-refractivity contribution in [3.8, 4) is 0 Å². The third-order valence-electron chi connectivity index (χ3n) is 6.43. The molecule has 0 radical (unpaired) electrons. The molecule has 1 aromatic heterocycles. The van der Waals surface area contributed by atoms with E-state index in [4.69, 9.17) is 0 Å². The van der Waals surface area contributed by atoms with Crippen molar-refractivity contribution >= 4 is 11.8 Å². The van der Waals surface area contributed by atoms with Crippen molar-refractivity contribution in [2.75, 3.05) is 6.54 Å². The van der Waals surface area contributed by atoms with Gasteiger partial charge in [0, 0.05) is 19.2 Å². The third-order valence-corrected chi connectivity index (χ3v) is 6.43. The second-order valence-electron chi connectivity index (χ2n) is 8.68. The van der Waals surface area contributed by atoms with Crippen molar-refractivity contribution in [3.63, 3.8) is 0 Å². The molecule has 2 amide bonds. The zero-order valence-corrected chi connectivity index (χ0v) is 18.3. The molecule has 1 aliphatic heterocycles. The molecule has 0 bridgehead atoms. The summed E-state index contributed by atoms with van der Waals surface area (Å²) in [7, 11) is 0. The Morgan fingerprint density at radius 2 is 1.85 bits per heavy atom. The Balaban J connectivity index is 1.28. The first-order valence-corrected chi connectivity index (χ1v) is 11.2. The minimum Gasteiger partial charge on any atom is -0.344 e. The lowest BCUT2D eigenvalue weighted by molar-refractivity contribution is -0.137. The van der Waals surface area contributed by atoms with Crippen LogP contribution in [0.5, 0.6) is 0 Å². The van der Waals surface area contributed by atoms with Gasteiger partial charge >= 0.3 is 6.18 Å². The lowest BCUT2D eigenvalue weighted by Gasteiger charge is -2.27. The number of nitrogens with one attached hydrogen (secondary N) is 1. The Morgan fingerprint density at radius 3 is 2.62 bits per heavy atom. The van der Waals surface area contributed by atoms with Gasteiger partial charge in [-0.05, 0) is 48.1 Å². The molecule has 0 saturated carbocycles. The van der Waals surface area contributed by atoms with Crippen LogP contribution in [-0.4, -0.2) is 33.0 Å². The summed E-state index contributed by atoms with van der Waals surface area (Å²) < 4.78 is 39.9. The number of fused-ring (bicyclic) bond motifs is 2. The van der Waals surface area contributed by atoms with Crippen molar-refractivity contribution < 1.29 is 22.8 Å². The van der Waals surface area contributed by atoms with E-state index in [-0.39, 0.29) is 30.1 Å². The van der Waals surface area contributed by atoms with Crippen molar-refractivity contribution in [2.45, 2.75) is 44.6 Å². The lowest BCUT2D eigenvalue weighted by atomic mass is 9.87. The summed E-state index contributed by atoms with van der Waals surface area (Å²) >= 11 is 0. The van der Waals surface area contributed by atoms with E-state index >= 15 is 0 Å². The fourth-order valence-electron chi connectivity index (χ4n) is 4.66. The average Bonchev–Trinajstić information content (AvgIpc) is 3.26. The molecule has 6 nitrogen and oxygen atoms in total. The summed E-state index contributed by atoms with van der Waals surface area (Å²) in [5.41, 5.74) is 2.70. The van der Waals surface area contributed by atoms with E-state index in [0.29, 0.717) is 24.3 Å². The van der Waals surface area contributed by atoms with Crippen LogP contribution in [-0.2, 0) is 25.7 Å². The highest BCUT2D eigenvalue weighted by Crippen LogP contribution is 2.30. The summed E-state index contributed by atoms with van der Waals surface area (Å²) in [6, 6.07) is 14.2. The van der Waals surface area contributed by atoms with Gasteiger partial charge in [-0.1, -0.05) is 36.4 Å². The molecule has 176 valence electrons. The maximum atomic E-state index is 13.0. The minimum absolute atomic E-state index is 0.0944. The Labute approximate surface area is 194 Å². The maximum absolute atomic E-state index is 13.0. The highest BCUT2D eigenvalue weighted by Gasteiger charge is 2.31. The fourth-order valence-corrected chi connectivity index (χ4v) is 4.66. The van der Waals surface area contributed by atoms with Crippen LogP contribution in [0.4, 0.5) is 13.2 Å². The Morgan fingerprint density at radius 1 is 1.09 bits per heavy atom. The predicted octanol–water partition coefficient (Wildman–Crippen LogP) is 4.37. The molecular formula is C25H23F3N4O2. The van der Waals surface area contributed by atoms with Crippen LogP contribution in [0.2, 0.25) is 0 Å². The molecule has 3 aromatic rings. The smallest absolute Gasteiger partial charge is 0.344 e. The molecule has 1 aliphatic carbocycles. The standard InChI is InChI=1S/C25H23F3N4O2/c26-25(27,28)18-10-8-16(9-11-18)15-31-12-13-32-22(24(31)34)14-21(30-32)23(33)29-20-7-3-5-17-4-1-2-6-19(17)20/h1-2,4,6,8-11,14,20H,3,5,7,12-13,15H2,(H,29,33). The molecule has 1 unspecified atom stereocenters. The van der Waals surface area contributed by atoms with E-state index in [0.717, 1.165) is 37.0 Å². The number of hydrogen-bond acceptors (Lipinski definition) is 3. The molecular weight excluding hydrogens is 445 g/mol. The number of halogens is 3. The SMILES string of the molecule is O=C(NC1CCCc2ccccc21)c1cc2n(n1)CCN(Cc1ccc(C(F)(F)F)cc1)C2=O. The van der Waals surface area contributed by atoms with Gasteiger partial charge in [-0.25, -0.2) is 0 Å². The minimum atomic E-state index is -4.40. The second kappa shape index (κ2) is 8.62. The van der Waals surface area contributed by atoms with E-state index in [1.54, 1.807) is 4.90 Å². The van der Waals surface area contributed by atoms with Crippen LogP contribution in [0.15, 0.2) is 54.6 Å². The van der Waals surface area contributed by atoms with E-state index in [2.05, 4.69) is 16.5 Å². The van der Waals surface area contributed by atoms with Gasteiger partial charge in [-0.2, -0.15) is 18.3 Å². The topological polar surface area (TPSA) is 67.2 Å². The molecule has 9 heteroatoms. The van der Waals surface area contributed by atoms with Crippen molar-refractivity contribution in [1.82, 2.24) is 20.0 Å². The number of amides is 2. The predicted molar refractivity (Wildman–Crippen MR) is 118 cm³/mol. The van der Waals surface area contributed by atoms with Crippen molar-refractivity contribution in [1.29, 1.82) is 0 Å². The van der Waals surface area contributed by atoms with E-state index in [1.165, 1.54) is 28.4 Å². The van der Waals surface area contributed by atoms with Crippen molar-refractivity contribution in [2.24, 2.45) is 0 Å². The van der Waals surface area contributed by atoms with Gasteiger partial charge < -0.3 is 10.2 Å². The summed E-state index contributed by atoms with van der Waals surface area (Å²) in [6.07, 6.45) is -1.58. The summed E-state index contributed by atoms with van der Waals surface area (Å²) in [5, 5.41) is 7.39. The number of carbonyl (C=O) groups is 2. The van der Waals surface area contributed by atoms with Gasteiger partial charge in [0.25, 0.3) is 11.8 Å². The van der Waals surface area contributed by atoms with Gasteiger partial charge in [0.05, 0.1) is 18.2 Å². The summed E-state index contributed by atoms with van der Waals surface area (Å²) in [5.74, 6) is -0.633. The number of aryl methyl sites for hydroxylation is 1. The van der Waals surface area contributed by atoms with Crippen LogP contribution in [0.25, 0.3) is 0 Å². The first-order valence-electron chi connectivity index (χ1n) is 11.2. The van der Waals surface area contributed by atoms with Gasteiger partial charge in [0.15, 0.2) is 5.69 Å². The van der Waals surface area contributed by atoms with Crippen LogP contribution in [0.1, 0.15) is 62.1 Å². The number of nitrogens with zero attached hydrogens (tertiary/aromatic N) is 3. The summed E-state index contributed by atoms with van der Waals surface area (Å²) in [4.78, 5) is 27.5. The first kappa shape index (κ1) is 22.2. The van der Waals surface area contributed by atoms with E-state index in [9.17, 15) is 22.8 Å². The number of alkyl halides is 3. The largest absolute Gasteiger partial charge is 0.416 e. The van der Waals surface area contributed by atoms with E-state index in [1.807, 2.05) is 18.2 Å². The van der Waals surface area contributed by atoms with Crippen LogP contribution >= 0.6 is 0 Å². The molecule has 34 heavy (non-hydrogen) atoms. The molecule has 2 aliphatic rings. The first-order chi connectivity index (χ1) is 16.3. The molecule has 1 atom stereocenters. The van der Waals surface area contributed by atoms with Crippen LogP contribution in [0, 0.1) is 0 Å². The van der Waals surface area contributed by atoms with Crippen LogP contribution < -0.4 is 5.32 Å². The highest BCUT2D eigenvalue weighted by atomic mass is 19.4. The van der Waals surface area contributed by atoms with E-state index < -0.39 is 11.7 Å². The molecule has 0 fully saturated rings. The van der Waals surface area contributed by atoms with Crippen molar-refractivity contribution in [3.05, 3.63) is 88.2 Å². The normalized spacial score (nSPS) is 17.8. The molecule has 2 heterocycles. The monoisotopic (exact) mass is 468 g/mol. The molecule has 5 rings (SSSR count). The molecule has 0 saturated heterocycles. The number of carbonyl (C=O) groups excluding carboxylic acids is 2. The fraction of sp³-hybridized carbons (Fsp3) is 0.320. The maximum Gasteiger partial charge on any atom is 0.416 e. The number of hydrogen-bond donors (Lipinski definition) is 1. The number of rotatable bonds is 4. The number of aromatic nitrogens is 2. The number of benzene rings is 2. The van der Waals surface area contributed by atoms with Gasteiger partial charge in [-0.15, -0.1) is 0 Å². The Kier molecular flexibility index (Phi) is 5.63. The lowest BCUT2D eigenvalue weighted by Crippen LogP contribution is -2.39. The highest BCUT2D eigenvalue weighted by molar-refractivity contribution is 5.98. The molecule has 1 N–H and O–H groups in total. The zero-order valence-electron chi connectivity index (χ0n) is 18.3. The zero-order chi connectivity index (χ0) is 23.9. The quantitative estimate of drug-likeness (QED) is 0.619. The molecule has 2 aromatic carbocycles. The summed E-state index contributed by atoms with van der Waals surface area (Å²) in [6.45, 7) is 0.940. The van der Waals surface area contributed by atoms with Gasteiger partial charge in [0.2, 0.25) is 0 Å². The Bertz CT molecular complexity index is 1230. The molecule has 0 spiro atoms. The Hall–Kier alpha value is -3.62. The average molecular weight is 468 g/mol.